The Kier molecular flexibility index (Phi) is 3.98. The Morgan fingerprint density at radius 3 is 2.42 bits per heavy atom. The van der Waals surface area contributed by atoms with Gasteiger partial charge >= 0.3 is 6.18 Å². The topological polar surface area (TPSA) is 20.2 Å². The Bertz CT molecular complexity index is 594. The third-order valence-corrected chi connectivity index (χ3v) is 4.44. The van der Waals surface area contributed by atoms with E-state index in [-0.39, 0.29) is 0 Å². The lowest BCUT2D eigenvalue weighted by Crippen LogP contribution is -2.12. The molecule has 1 atom stereocenters. The van der Waals surface area contributed by atoms with Crippen molar-refractivity contribution in [2.75, 3.05) is 0 Å². The van der Waals surface area contributed by atoms with E-state index < -0.39 is 29.2 Å². The van der Waals surface area contributed by atoms with E-state index in [4.69, 9.17) is 0 Å². The highest BCUT2D eigenvalue weighted by atomic mass is 79.9. The molecule has 1 heterocycles. The molecular formula is C12H7BrF4OS. The van der Waals surface area contributed by atoms with Crippen molar-refractivity contribution in [3.05, 3.63) is 55.9 Å². The smallest absolute Gasteiger partial charge is 0.383 e. The van der Waals surface area contributed by atoms with Crippen LogP contribution in [0.1, 0.15) is 22.1 Å². The first-order valence-electron chi connectivity index (χ1n) is 5.09. The molecule has 2 aromatic rings. The molecule has 2 rings (SSSR count). The van der Waals surface area contributed by atoms with Crippen molar-refractivity contribution in [2.24, 2.45) is 0 Å². The molecule has 1 N–H and O–H groups in total. The van der Waals surface area contributed by atoms with Crippen LogP contribution in [0.4, 0.5) is 17.6 Å². The summed E-state index contributed by atoms with van der Waals surface area (Å²) in [4.78, 5) is 0.359. The van der Waals surface area contributed by atoms with Gasteiger partial charge in [-0.25, -0.2) is 4.39 Å². The van der Waals surface area contributed by atoms with E-state index in [1.165, 1.54) is 0 Å². The normalized spacial score (nSPS) is 13.6. The summed E-state index contributed by atoms with van der Waals surface area (Å²) in [5.41, 5.74) is -1.77. The Hall–Kier alpha value is -0.920. The lowest BCUT2D eigenvalue weighted by Gasteiger charge is -2.15. The minimum absolute atomic E-state index is 0.359. The van der Waals surface area contributed by atoms with Gasteiger partial charge in [-0.2, -0.15) is 13.2 Å². The van der Waals surface area contributed by atoms with Crippen molar-refractivity contribution in [1.82, 2.24) is 0 Å². The highest BCUT2D eigenvalue weighted by Crippen LogP contribution is 2.38. The molecule has 19 heavy (non-hydrogen) atoms. The van der Waals surface area contributed by atoms with Gasteiger partial charge in [-0.05, 0) is 33.4 Å². The maximum Gasteiger partial charge on any atom is 0.419 e. The molecule has 0 radical (unpaired) electrons. The van der Waals surface area contributed by atoms with Crippen LogP contribution in [0.3, 0.4) is 0 Å². The quantitative estimate of drug-likeness (QED) is 0.771. The molecular weight excluding hydrogens is 348 g/mol. The zero-order chi connectivity index (χ0) is 14.2. The Balaban J connectivity index is 2.50. The third kappa shape index (κ3) is 2.82. The Labute approximate surface area is 118 Å². The summed E-state index contributed by atoms with van der Waals surface area (Å²) in [7, 11) is 0. The largest absolute Gasteiger partial charge is 0.419 e. The van der Waals surface area contributed by atoms with Crippen molar-refractivity contribution < 1.29 is 22.7 Å². The van der Waals surface area contributed by atoms with Gasteiger partial charge in [-0.15, -0.1) is 11.3 Å². The number of alkyl halides is 3. The van der Waals surface area contributed by atoms with E-state index in [1.807, 2.05) is 0 Å². The lowest BCUT2D eigenvalue weighted by molar-refractivity contribution is -0.140. The molecule has 0 aliphatic rings. The second-order valence-corrected chi connectivity index (χ2v) is 5.54. The van der Waals surface area contributed by atoms with Crippen LogP contribution in [0.15, 0.2) is 34.1 Å². The first-order chi connectivity index (χ1) is 8.82. The molecule has 1 aromatic heterocycles. The molecule has 7 heteroatoms. The summed E-state index contributed by atoms with van der Waals surface area (Å²) in [5, 5.41) is 11.7. The lowest BCUT2D eigenvalue weighted by atomic mass is 10.0. The summed E-state index contributed by atoms with van der Waals surface area (Å²) < 4.78 is 52.1. The molecule has 0 saturated carbocycles. The highest BCUT2D eigenvalue weighted by Gasteiger charge is 2.36. The predicted molar refractivity (Wildman–Crippen MR) is 67.5 cm³/mol. The molecule has 0 fully saturated rings. The zero-order valence-electron chi connectivity index (χ0n) is 9.21. The fourth-order valence-corrected chi connectivity index (χ4v) is 3.21. The van der Waals surface area contributed by atoms with Crippen molar-refractivity contribution >= 4 is 27.3 Å². The second kappa shape index (κ2) is 5.22. The standard InChI is InChI=1S/C12H7BrF4OS/c13-8-4-5-19-11(8)10(18)6-2-1-3-7(9(6)14)12(15,16)17/h1-5,10,18H. The number of aliphatic hydroxyl groups excluding tert-OH is 1. The van der Waals surface area contributed by atoms with Crippen molar-refractivity contribution in [3.63, 3.8) is 0 Å². The van der Waals surface area contributed by atoms with Gasteiger partial charge in [0.15, 0.2) is 0 Å². The summed E-state index contributed by atoms with van der Waals surface area (Å²) >= 11 is 4.28. The third-order valence-electron chi connectivity index (χ3n) is 2.52. The van der Waals surface area contributed by atoms with E-state index in [9.17, 15) is 22.7 Å². The van der Waals surface area contributed by atoms with Gasteiger partial charge in [-0.1, -0.05) is 12.1 Å². The van der Waals surface area contributed by atoms with Gasteiger partial charge in [0.1, 0.15) is 11.9 Å². The molecule has 102 valence electrons. The maximum absolute atomic E-state index is 13.9. The first kappa shape index (κ1) is 14.5. The number of thiophene rings is 1. The number of benzene rings is 1. The van der Waals surface area contributed by atoms with Crippen molar-refractivity contribution in [3.8, 4) is 0 Å². The fraction of sp³-hybridized carbons (Fsp3) is 0.167. The number of hydrogen-bond donors (Lipinski definition) is 1. The average Bonchev–Trinajstić information content (AvgIpc) is 2.73. The molecule has 0 spiro atoms. The van der Waals surface area contributed by atoms with Gasteiger partial charge in [0.05, 0.1) is 10.4 Å². The molecule has 1 unspecified atom stereocenters. The predicted octanol–water partition coefficient (Wildman–Crippen LogP) is 4.75. The fourth-order valence-electron chi connectivity index (χ4n) is 1.62. The van der Waals surface area contributed by atoms with E-state index in [0.717, 1.165) is 23.5 Å². The second-order valence-electron chi connectivity index (χ2n) is 3.74. The summed E-state index contributed by atoms with van der Waals surface area (Å²) in [6.07, 6.45) is -6.22. The molecule has 0 aliphatic heterocycles. The number of aliphatic hydroxyl groups is 1. The van der Waals surface area contributed by atoms with Gasteiger partial charge in [-0.3, -0.25) is 0 Å². The van der Waals surface area contributed by atoms with Gasteiger partial charge in [0.25, 0.3) is 0 Å². The maximum atomic E-state index is 13.9. The summed E-state index contributed by atoms with van der Waals surface area (Å²) in [5.74, 6) is -1.44. The van der Waals surface area contributed by atoms with Crippen LogP contribution in [0.5, 0.6) is 0 Å². The number of rotatable bonds is 2. The van der Waals surface area contributed by atoms with Crippen LogP contribution in [0.2, 0.25) is 0 Å². The Morgan fingerprint density at radius 2 is 1.89 bits per heavy atom. The average molecular weight is 355 g/mol. The van der Waals surface area contributed by atoms with Crippen LogP contribution in [0, 0.1) is 5.82 Å². The minimum atomic E-state index is -4.79. The molecule has 0 bridgehead atoms. The van der Waals surface area contributed by atoms with Crippen LogP contribution in [0.25, 0.3) is 0 Å². The zero-order valence-corrected chi connectivity index (χ0v) is 11.6. The minimum Gasteiger partial charge on any atom is -0.383 e. The van der Waals surface area contributed by atoms with E-state index in [0.29, 0.717) is 15.4 Å². The van der Waals surface area contributed by atoms with E-state index in [1.54, 1.807) is 11.4 Å². The van der Waals surface area contributed by atoms with Crippen LogP contribution < -0.4 is 0 Å². The summed E-state index contributed by atoms with van der Waals surface area (Å²) in [6.45, 7) is 0. The van der Waals surface area contributed by atoms with Gasteiger partial charge < -0.3 is 5.11 Å². The van der Waals surface area contributed by atoms with E-state index in [2.05, 4.69) is 15.9 Å². The highest BCUT2D eigenvalue weighted by molar-refractivity contribution is 9.10. The van der Waals surface area contributed by atoms with Crippen LogP contribution in [-0.2, 0) is 6.18 Å². The van der Waals surface area contributed by atoms with Crippen molar-refractivity contribution in [1.29, 1.82) is 0 Å². The van der Waals surface area contributed by atoms with Crippen LogP contribution in [-0.4, -0.2) is 5.11 Å². The molecule has 0 amide bonds. The van der Waals surface area contributed by atoms with Crippen LogP contribution >= 0.6 is 27.3 Å². The SMILES string of the molecule is OC(c1cccc(C(F)(F)F)c1F)c1sccc1Br. The van der Waals surface area contributed by atoms with E-state index >= 15 is 0 Å². The molecule has 1 nitrogen and oxygen atoms in total. The van der Waals surface area contributed by atoms with Crippen molar-refractivity contribution in [2.45, 2.75) is 12.3 Å². The van der Waals surface area contributed by atoms with Gasteiger partial charge in [0.2, 0.25) is 0 Å². The van der Waals surface area contributed by atoms with Gasteiger partial charge in [0, 0.05) is 10.0 Å². The monoisotopic (exact) mass is 354 g/mol. The number of halogens is 5. The number of hydrogen-bond acceptors (Lipinski definition) is 2. The molecule has 0 saturated heterocycles. The summed E-state index contributed by atoms with van der Waals surface area (Å²) in [6, 6.07) is 4.50. The molecule has 0 aliphatic carbocycles. The Morgan fingerprint density at radius 1 is 1.21 bits per heavy atom. The first-order valence-corrected chi connectivity index (χ1v) is 6.76. The molecule has 1 aromatic carbocycles.